The first-order chi connectivity index (χ1) is 15.1. The van der Waals surface area contributed by atoms with Crippen molar-refractivity contribution in [3.8, 4) is 0 Å². The van der Waals surface area contributed by atoms with Gasteiger partial charge >= 0.3 is 0 Å². The lowest BCUT2D eigenvalue weighted by Gasteiger charge is -2.15. The van der Waals surface area contributed by atoms with E-state index in [2.05, 4.69) is 20.9 Å². The zero-order valence-corrected chi connectivity index (χ0v) is 18.0. The van der Waals surface area contributed by atoms with E-state index in [1.807, 2.05) is 25.1 Å². The SMILES string of the molecule is CNC(=O)c1cnc(Nc2ccccc2C)c(NC(=O)c2cc(F)cc(S(N)(=O)=O)c2)c1. The van der Waals surface area contributed by atoms with Crippen molar-refractivity contribution in [1.29, 1.82) is 0 Å². The predicted molar refractivity (Wildman–Crippen MR) is 118 cm³/mol. The Morgan fingerprint density at radius 2 is 1.72 bits per heavy atom. The van der Waals surface area contributed by atoms with Gasteiger partial charge in [-0.05, 0) is 42.8 Å². The Balaban J connectivity index is 2.01. The molecule has 1 aromatic heterocycles. The van der Waals surface area contributed by atoms with Crippen LogP contribution < -0.4 is 21.1 Å². The van der Waals surface area contributed by atoms with Gasteiger partial charge in [-0.3, -0.25) is 9.59 Å². The molecule has 9 nitrogen and oxygen atoms in total. The number of carbonyl (C=O) groups is 2. The number of nitrogens with one attached hydrogen (secondary N) is 3. The van der Waals surface area contributed by atoms with Gasteiger partial charge in [-0.25, -0.2) is 22.9 Å². The van der Waals surface area contributed by atoms with Crippen molar-refractivity contribution in [2.75, 3.05) is 17.7 Å². The van der Waals surface area contributed by atoms with Gasteiger partial charge in [0.2, 0.25) is 10.0 Å². The number of nitrogens with two attached hydrogens (primary N) is 1. The Morgan fingerprint density at radius 1 is 1.00 bits per heavy atom. The minimum Gasteiger partial charge on any atom is -0.355 e. The summed E-state index contributed by atoms with van der Waals surface area (Å²) >= 11 is 0. The minimum absolute atomic E-state index is 0.126. The second kappa shape index (κ2) is 9.12. The Labute approximate surface area is 183 Å². The molecule has 0 bridgehead atoms. The fourth-order valence-corrected chi connectivity index (χ4v) is 3.39. The number of benzene rings is 2. The number of halogens is 1. The van der Waals surface area contributed by atoms with Crippen LogP contribution in [0.15, 0.2) is 59.6 Å². The summed E-state index contributed by atoms with van der Waals surface area (Å²) in [5.74, 6) is -1.98. The lowest BCUT2D eigenvalue weighted by atomic mass is 10.1. The zero-order valence-electron chi connectivity index (χ0n) is 17.1. The maximum Gasteiger partial charge on any atom is 0.255 e. The van der Waals surface area contributed by atoms with Crippen molar-refractivity contribution in [1.82, 2.24) is 10.3 Å². The van der Waals surface area contributed by atoms with Crippen molar-refractivity contribution < 1.29 is 22.4 Å². The van der Waals surface area contributed by atoms with Crippen molar-refractivity contribution >= 4 is 39.0 Å². The number of rotatable bonds is 6. The second-order valence-corrected chi connectivity index (χ2v) is 8.38. The van der Waals surface area contributed by atoms with Crippen molar-refractivity contribution in [2.45, 2.75) is 11.8 Å². The molecule has 2 aromatic carbocycles. The van der Waals surface area contributed by atoms with E-state index in [1.54, 1.807) is 6.07 Å². The molecule has 0 atom stereocenters. The standard InChI is InChI=1S/C21H20FN5O4S/c1-12-5-3-4-6-17(12)26-19-18(9-14(11-25-19)20(28)24-2)27-21(29)13-7-15(22)10-16(8-13)32(23,30)31/h3-11H,1-2H3,(H,24,28)(H,25,26)(H,27,29)(H2,23,30,31). The number of sulfonamides is 1. The van der Waals surface area contributed by atoms with Gasteiger partial charge in [0.1, 0.15) is 5.82 Å². The molecule has 11 heteroatoms. The van der Waals surface area contributed by atoms with E-state index in [-0.39, 0.29) is 22.6 Å². The van der Waals surface area contributed by atoms with Crippen LogP contribution in [-0.4, -0.2) is 32.3 Å². The van der Waals surface area contributed by atoms with Gasteiger partial charge in [-0.1, -0.05) is 18.2 Å². The summed E-state index contributed by atoms with van der Waals surface area (Å²) in [5.41, 5.74) is 1.64. The topological polar surface area (TPSA) is 143 Å². The first-order valence-corrected chi connectivity index (χ1v) is 10.8. The third-order valence-corrected chi connectivity index (χ3v) is 5.38. The third-order valence-electron chi connectivity index (χ3n) is 4.49. The summed E-state index contributed by atoms with van der Waals surface area (Å²) in [7, 11) is -2.78. The molecule has 0 aliphatic heterocycles. The van der Waals surface area contributed by atoms with Crippen LogP contribution in [0.3, 0.4) is 0 Å². The van der Waals surface area contributed by atoms with E-state index in [0.29, 0.717) is 11.8 Å². The van der Waals surface area contributed by atoms with Crippen LogP contribution >= 0.6 is 0 Å². The smallest absolute Gasteiger partial charge is 0.255 e. The fourth-order valence-electron chi connectivity index (χ4n) is 2.82. The summed E-state index contributed by atoms with van der Waals surface area (Å²) in [4.78, 5) is 28.5. The summed E-state index contributed by atoms with van der Waals surface area (Å²) in [5, 5.41) is 13.1. The van der Waals surface area contributed by atoms with Crippen molar-refractivity contribution in [2.24, 2.45) is 5.14 Å². The number of para-hydroxylation sites is 1. The van der Waals surface area contributed by atoms with Gasteiger partial charge in [0.15, 0.2) is 5.82 Å². The highest BCUT2D eigenvalue weighted by molar-refractivity contribution is 7.89. The zero-order chi connectivity index (χ0) is 23.5. The molecule has 0 unspecified atom stereocenters. The number of anilines is 3. The average Bonchev–Trinajstić information content (AvgIpc) is 2.74. The van der Waals surface area contributed by atoms with Gasteiger partial charge in [0, 0.05) is 24.5 Å². The Hall–Kier alpha value is -3.83. The molecule has 0 fully saturated rings. The van der Waals surface area contributed by atoms with Crippen LogP contribution in [0.4, 0.5) is 21.6 Å². The first-order valence-electron chi connectivity index (χ1n) is 9.28. The molecule has 3 aromatic rings. The monoisotopic (exact) mass is 457 g/mol. The Morgan fingerprint density at radius 3 is 2.38 bits per heavy atom. The molecule has 166 valence electrons. The number of amides is 2. The molecule has 1 heterocycles. The summed E-state index contributed by atoms with van der Waals surface area (Å²) in [6, 6.07) is 11.3. The number of aryl methyl sites for hydroxylation is 1. The van der Waals surface area contributed by atoms with Crippen LogP contribution in [0, 0.1) is 12.7 Å². The molecular weight excluding hydrogens is 437 g/mol. The first kappa shape index (κ1) is 22.8. The Bertz CT molecular complexity index is 1310. The highest BCUT2D eigenvalue weighted by Gasteiger charge is 2.18. The molecular formula is C21H20FN5O4S. The van der Waals surface area contributed by atoms with Gasteiger partial charge < -0.3 is 16.0 Å². The number of hydrogen-bond acceptors (Lipinski definition) is 6. The number of carbonyl (C=O) groups excluding carboxylic acids is 2. The molecule has 0 radical (unpaired) electrons. The number of primary sulfonamides is 1. The van der Waals surface area contributed by atoms with Crippen LogP contribution in [0.1, 0.15) is 26.3 Å². The highest BCUT2D eigenvalue weighted by Crippen LogP contribution is 2.27. The second-order valence-electron chi connectivity index (χ2n) is 6.81. The van der Waals surface area contributed by atoms with Crippen molar-refractivity contribution in [3.63, 3.8) is 0 Å². The highest BCUT2D eigenvalue weighted by atomic mass is 32.2. The number of hydrogen-bond donors (Lipinski definition) is 4. The van der Waals surface area contributed by atoms with Gasteiger partial charge in [-0.15, -0.1) is 0 Å². The van der Waals surface area contributed by atoms with Gasteiger partial charge in [0.25, 0.3) is 11.8 Å². The maximum atomic E-state index is 13.9. The Kier molecular flexibility index (Phi) is 6.51. The van der Waals surface area contributed by atoms with Gasteiger partial charge in [0.05, 0.1) is 16.1 Å². The predicted octanol–water partition coefficient (Wildman–Crippen LogP) is 2.53. The number of aromatic nitrogens is 1. The third kappa shape index (κ3) is 5.25. The normalized spacial score (nSPS) is 11.0. The lowest BCUT2D eigenvalue weighted by molar-refractivity contribution is 0.0961. The fraction of sp³-hybridized carbons (Fsp3) is 0.0952. The quantitative estimate of drug-likeness (QED) is 0.448. The molecule has 0 saturated carbocycles. The molecule has 0 saturated heterocycles. The molecule has 5 N–H and O–H groups in total. The van der Waals surface area contributed by atoms with Crippen molar-refractivity contribution in [3.05, 3.63) is 77.2 Å². The molecule has 3 rings (SSSR count). The maximum absolute atomic E-state index is 13.9. The van der Waals surface area contributed by atoms with E-state index in [9.17, 15) is 22.4 Å². The summed E-state index contributed by atoms with van der Waals surface area (Å²) in [6.07, 6.45) is 1.33. The van der Waals surface area contributed by atoms with Crippen LogP contribution in [0.5, 0.6) is 0 Å². The molecule has 32 heavy (non-hydrogen) atoms. The molecule has 0 aliphatic carbocycles. The number of nitrogens with zero attached hydrogens (tertiary/aromatic N) is 1. The summed E-state index contributed by atoms with van der Waals surface area (Å²) in [6.45, 7) is 1.88. The van der Waals surface area contributed by atoms with E-state index < -0.39 is 32.6 Å². The van der Waals surface area contributed by atoms with Crippen LogP contribution in [0.25, 0.3) is 0 Å². The minimum atomic E-state index is -4.23. The van der Waals surface area contributed by atoms with Gasteiger partial charge in [-0.2, -0.15) is 0 Å². The molecule has 0 aliphatic rings. The molecule has 2 amide bonds. The average molecular weight is 457 g/mol. The van der Waals surface area contributed by atoms with E-state index in [1.165, 1.54) is 19.3 Å². The largest absolute Gasteiger partial charge is 0.355 e. The van der Waals surface area contributed by atoms with Crippen LogP contribution in [0.2, 0.25) is 0 Å². The molecule has 0 spiro atoms. The lowest BCUT2D eigenvalue weighted by Crippen LogP contribution is -2.20. The van der Waals surface area contributed by atoms with E-state index in [4.69, 9.17) is 5.14 Å². The van der Waals surface area contributed by atoms with Crippen LogP contribution in [-0.2, 0) is 10.0 Å². The van der Waals surface area contributed by atoms with E-state index >= 15 is 0 Å². The van der Waals surface area contributed by atoms with E-state index in [0.717, 1.165) is 17.7 Å². The number of pyridine rings is 1. The summed E-state index contributed by atoms with van der Waals surface area (Å²) < 4.78 is 37.1.